The Balaban J connectivity index is 2.73. The fraction of sp³-hybridized carbons (Fsp3) is 0. The van der Waals surface area contributed by atoms with Gasteiger partial charge in [-0.1, -0.05) is 0 Å². The molecule has 0 bridgehead atoms. The Labute approximate surface area is 49.8 Å². The zero-order valence-corrected chi connectivity index (χ0v) is 4.94. The molecular formula is C4H6N2OS. The van der Waals surface area contributed by atoms with Crippen molar-refractivity contribution in [3.8, 4) is 0 Å². The van der Waals surface area contributed by atoms with E-state index in [-0.39, 0.29) is 0 Å². The molecule has 3 nitrogen and oxygen atoms in total. The maximum Gasteiger partial charge on any atom is 0.143 e. The SMILES string of the molecule is NC1=CC=CS(=O)N1. The summed E-state index contributed by atoms with van der Waals surface area (Å²) in [5.41, 5.74) is 5.23. The molecule has 8 heavy (non-hydrogen) atoms. The molecule has 0 fully saturated rings. The van der Waals surface area contributed by atoms with Crippen LogP contribution in [0.2, 0.25) is 0 Å². The molecule has 0 aliphatic carbocycles. The molecule has 1 aliphatic heterocycles. The minimum Gasteiger partial charge on any atom is -0.385 e. The van der Waals surface area contributed by atoms with E-state index in [0.29, 0.717) is 5.82 Å². The molecule has 0 radical (unpaired) electrons. The van der Waals surface area contributed by atoms with E-state index < -0.39 is 11.0 Å². The first kappa shape index (κ1) is 5.37. The summed E-state index contributed by atoms with van der Waals surface area (Å²) in [7, 11) is -1.09. The van der Waals surface area contributed by atoms with Crippen LogP contribution < -0.4 is 10.5 Å². The first-order valence-corrected chi connectivity index (χ1v) is 3.31. The van der Waals surface area contributed by atoms with Gasteiger partial charge in [-0.05, 0) is 12.2 Å². The van der Waals surface area contributed by atoms with E-state index in [4.69, 9.17) is 5.73 Å². The molecule has 0 aromatic heterocycles. The fourth-order valence-corrected chi connectivity index (χ4v) is 0.988. The topological polar surface area (TPSA) is 55.1 Å². The van der Waals surface area contributed by atoms with Crippen molar-refractivity contribution in [3.05, 3.63) is 23.4 Å². The van der Waals surface area contributed by atoms with E-state index in [9.17, 15) is 4.21 Å². The summed E-state index contributed by atoms with van der Waals surface area (Å²) in [6, 6.07) is 0. The molecule has 44 valence electrons. The highest BCUT2D eigenvalue weighted by molar-refractivity contribution is 7.86. The van der Waals surface area contributed by atoms with Crippen molar-refractivity contribution in [1.29, 1.82) is 0 Å². The Bertz CT molecular complexity index is 173. The summed E-state index contributed by atoms with van der Waals surface area (Å²) in [6.07, 6.45) is 3.31. The van der Waals surface area contributed by atoms with Crippen LogP contribution in [0.1, 0.15) is 0 Å². The van der Waals surface area contributed by atoms with Crippen molar-refractivity contribution < 1.29 is 4.21 Å². The van der Waals surface area contributed by atoms with Crippen LogP contribution >= 0.6 is 0 Å². The standard InChI is InChI=1S/C4H6N2OS/c5-4-2-1-3-8(7)6-4/h1-3,6H,5H2. The highest BCUT2D eigenvalue weighted by atomic mass is 32.2. The third-order valence-corrected chi connectivity index (χ3v) is 1.54. The molecule has 4 heteroatoms. The monoisotopic (exact) mass is 130 g/mol. The van der Waals surface area contributed by atoms with Gasteiger partial charge in [-0.15, -0.1) is 0 Å². The van der Waals surface area contributed by atoms with E-state index in [0.717, 1.165) is 0 Å². The van der Waals surface area contributed by atoms with E-state index in [1.807, 2.05) is 0 Å². The summed E-state index contributed by atoms with van der Waals surface area (Å²) in [4.78, 5) is 0. The number of nitrogens with two attached hydrogens (primary N) is 1. The molecule has 0 spiro atoms. The Hall–Kier alpha value is -0.770. The predicted octanol–water partition coefficient (Wildman–Crippen LogP) is -0.433. The van der Waals surface area contributed by atoms with Crippen molar-refractivity contribution in [3.63, 3.8) is 0 Å². The highest BCUT2D eigenvalue weighted by Crippen LogP contribution is 1.91. The lowest BCUT2D eigenvalue weighted by molar-refractivity contribution is 0.683. The van der Waals surface area contributed by atoms with Crippen LogP contribution in [-0.4, -0.2) is 4.21 Å². The minimum atomic E-state index is -1.09. The minimum absolute atomic E-state index is 0.450. The zero-order valence-electron chi connectivity index (χ0n) is 4.13. The normalized spacial score (nSPS) is 26.5. The van der Waals surface area contributed by atoms with Crippen LogP contribution in [0.15, 0.2) is 23.4 Å². The van der Waals surface area contributed by atoms with Crippen LogP contribution in [-0.2, 0) is 11.0 Å². The molecule has 0 amide bonds. The summed E-state index contributed by atoms with van der Waals surface area (Å²) in [5, 5.41) is 1.52. The largest absolute Gasteiger partial charge is 0.385 e. The quantitative estimate of drug-likeness (QED) is 0.467. The molecule has 1 rings (SSSR count). The maximum atomic E-state index is 10.5. The number of hydrogen-bond acceptors (Lipinski definition) is 2. The second-order valence-electron chi connectivity index (χ2n) is 1.35. The molecule has 0 aromatic rings. The smallest absolute Gasteiger partial charge is 0.143 e. The second kappa shape index (κ2) is 2.00. The van der Waals surface area contributed by atoms with E-state index >= 15 is 0 Å². The van der Waals surface area contributed by atoms with Gasteiger partial charge in [-0.25, -0.2) is 4.21 Å². The molecule has 1 heterocycles. The Morgan fingerprint density at radius 3 is 2.88 bits per heavy atom. The van der Waals surface area contributed by atoms with Crippen molar-refractivity contribution in [2.45, 2.75) is 0 Å². The number of hydrogen-bond donors (Lipinski definition) is 2. The summed E-state index contributed by atoms with van der Waals surface area (Å²) >= 11 is 0. The molecule has 0 aromatic carbocycles. The van der Waals surface area contributed by atoms with Gasteiger partial charge in [-0.2, -0.15) is 0 Å². The first-order valence-electron chi connectivity index (χ1n) is 2.10. The van der Waals surface area contributed by atoms with Gasteiger partial charge in [0.15, 0.2) is 0 Å². The summed E-state index contributed by atoms with van der Waals surface area (Å²) < 4.78 is 13.0. The Morgan fingerprint density at radius 1 is 1.75 bits per heavy atom. The molecule has 1 atom stereocenters. The number of allylic oxidation sites excluding steroid dienone is 2. The van der Waals surface area contributed by atoms with Gasteiger partial charge in [0.25, 0.3) is 0 Å². The van der Waals surface area contributed by atoms with Gasteiger partial charge in [0.1, 0.15) is 16.8 Å². The van der Waals surface area contributed by atoms with Gasteiger partial charge in [-0.3, -0.25) is 4.72 Å². The predicted molar refractivity (Wildman–Crippen MR) is 32.7 cm³/mol. The average Bonchev–Trinajstić information content (AvgIpc) is 1.64. The van der Waals surface area contributed by atoms with Crippen LogP contribution in [0.5, 0.6) is 0 Å². The Kier molecular flexibility index (Phi) is 1.34. The maximum absolute atomic E-state index is 10.5. The highest BCUT2D eigenvalue weighted by Gasteiger charge is 1.95. The summed E-state index contributed by atoms with van der Waals surface area (Å²) in [5.74, 6) is 0.450. The van der Waals surface area contributed by atoms with E-state index in [1.54, 1.807) is 12.2 Å². The summed E-state index contributed by atoms with van der Waals surface area (Å²) in [6.45, 7) is 0. The van der Waals surface area contributed by atoms with Crippen molar-refractivity contribution in [2.75, 3.05) is 0 Å². The lowest BCUT2D eigenvalue weighted by atomic mass is 10.5. The van der Waals surface area contributed by atoms with Crippen LogP contribution in [0.4, 0.5) is 0 Å². The molecule has 1 aliphatic rings. The third-order valence-electron chi connectivity index (χ3n) is 0.696. The average molecular weight is 130 g/mol. The van der Waals surface area contributed by atoms with Crippen molar-refractivity contribution >= 4 is 11.0 Å². The van der Waals surface area contributed by atoms with Crippen LogP contribution in [0, 0.1) is 0 Å². The van der Waals surface area contributed by atoms with E-state index in [1.165, 1.54) is 5.41 Å². The Morgan fingerprint density at radius 2 is 2.50 bits per heavy atom. The van der Waals surface area contributed by atoms with Gasteiger partial charge < -0.3 is 5.73 Å². The number of rotatable bonds is 0. The van der Waals surface area contributed by atoms with Gasteiger partial charge in [0.05, 0.1) is 0 Å². The van der Waals surface area contributed by atoms with Crippen molar-refractivity contribution in [2.24, 2.45) is 5.73 Å². The second-order valence-corrected chi connectivity index (χ2v) is 2.42. The van der Waals surface area contributed by atoms with Crippen LogP contribution in [0.3, 0.4) is 0 Å². The van der Waals surface area contributed by atoms with Gasteiger partial charge in [0, 0.05) is 5.41 Å². The lowest BCUT2D eigenvalue weighted by Crippen LogP contribution is -2.22. The molecular weight excluding hydrogens is 124 g/mol. The molecule has 1 unspecified atom stereocenters. The van der Waals surface area contributed by atoms with Crippen LogP contribution in [0.25, 0.3) is 0 Å². The number of nitrogens with one attached hydrogen (secondary N) is 1. The lowest BCUT2D eigenvalue weighted by Gasteiger charge is -2.03. The van der Waals surface area contributed by atoms with Gasteiger partial charge >= 0.3 is 0 Å². The first-order chi connectivity index (χ1) is 3.79. The van der Waals surface area contributed by atoms with Crippen molar-refractivity contribution in [1.82, 2.24) is 4.72 Å². The molecule has 0 saturated carbocycles. The van der Waals surface area contributed by atoms with E-state index in [2.05, 4.69) is 4.72 Å². The zero-order chi connectivity index (χ0) is 5.98. The molecule has 3 N–H and O–H groups in total. The fourth-order valence-electron chi connectivity index (χ4n) is 0.399. The van der Waals surface area contributed by atoms with Gasteiger partial charge in [0.2, 0.25) is 0 Å². The molecule has 0 saturated heterocycles. The third kappa shape index (κ3) is 1.10.